The topological polar surface area (TPSA) is 82.3 Å². The number of carbonyl (C=O) groups is 1. The number of nitrogens with zero attached hydrogens (tertiary/aromatic N) is 1. The Balaban J connectivity index is 1.97. The van der Waals surface area contributed by atoms with Crippen LogP contribution in [0.25, 0.3) is 0 Å². The molecule has 1 fully saturated rings. The molecule has 1 saturated heterocycles. The molecule has 6 nitrogen and oxygen atoms in total. The Labute approximate surface area is 179 Å². The van der Waals surface area contributed by atoms with Crippen molar-refractivity contribution < 1.29 is 35.2 Å². The molecule has 0 atom stereocenters. The lowest BCUT2D eigenvalue weighted by molar-refractivity contribution is -0.137. The number of alkyl halides is 5. The van der Waals surface area contributed by atoms with Crippen LogP contribution in [-0.4, -0.2) is 43.2 Å². The first-order chi connectivity index (χ1) is 14.1. The number of anilines is 1. The van der Waals surface area contributed by atoms with Crippen molar-refractivity contribution in [3.8, 4) is 0 Å². The van der Waals surface area contributed by atoms with Gasteiger partial charge in [-0.3, -0.25) is 9.52 Å². The number of H-pyrrole nitrogens is 1. The average Bonchev–Trinajstić information content (AvgIpc) is 3.11. The van der Waals surface area contributed by atoms with Gasteiger partial charge in [0.2, 0.25) is 0 Å². The molecule has 0 radical (unpaired) electrons. The van der Waals surface area contributed by atoms with E-state index in [9.17, 15) is 35.2 Å². The van der Waals surface area contributed by atoms with Gasteiger partial charge in [-0.1, -0.05) is 11.6 Å². The Bertz CT molecular complexity index is 1150. The number of rotatable bonds is 4. The summed E-state index contributed by atoms with van der Waals surface area (Å²) in [4.78, 5) is 15.9. The van der Waals surface area contributed by atoms with Crippen LogP contribution >= 0.6 is 11.6 Å². The van der Waals surface area contributed by atoms with Gasteiger partial charge in [0.05, 0.1) is 28.4 Å². The van der Waals surface area contributed by atoms with Crippen molar-refractivity contribution in [3.05, 3.63) is 45.7 Å². The van der Waals surface area contributed by atoms with E-state index in [-0.39, 0.29) is 29.2 Å². The molecule has 1 aliphatic heterocycles. The maximum Gasteiger partial charge on any atom is 0.417 e. The number of halogens is 6. The number of likely N-dealkylation sites (tertiary alicyclic amines) is 1. The summed E-state index contributed by atoms with van der Waals surface area (Å²) >= 11 is 5.63. The molecule has 0 unspecified atom stereocenters. The molecule has 1 aliphatic rings. The van der Waals surface area contributed by atoms with E-state index < -0.39 is 56.5 Å². The van der Waals surface area contributed by atoms with Crippen molar-refractivity contribution in [2.45, 2.75) is 37.3 Å². The molecule has 1 amide bonds. The minimum atomic E-state index is -4.72. The Morgan fingerprint density at radius 2 is 1.87 bits per heavy atom. The molecule has 2 heterocycles. The predicted molar refractivity (Wildman–Crippen MR) is 103 cm³/mol. The van der Waals surface area contributed by atoms with Crippen LogP contribution in [0, 0.1) is 13.8 Å². The number of carbonyl (C=O) groups excluding carboxylic acids is 1. The standard InChI is InChI=1S/C18H17ClF5N3O3S/c1-9-14(16(28)27-6-5-17(20,21)8-27)15(10(2)25-9)31(29,30)26-11-3-4-12(13(19)7-11)18(22,23)24/h3-4,7,25-26H,5-6,8H2,1-2H3. The van der Waals surface area contributed by atoms with E-state index in [0.29, 0.717) is 6.07 Å². The number of amides is 1. The lowest BCUT2D eigenvalue weighted by Gasteiger charge is -2.18. The third kappa shape index (κ3) is 4.64. The van der Waals surface area contributed by atoms with Crippen molar-refractivity contribution in [1.29, 1.82) is 0 Å². The van der Waals surface area contributed by atoms with Gasteiger partial charge in [0, 0.05) is 24.4 Å². The molecular formula is C18H17ClF5N3O3S. The van der Waals surface area contributed by atoms with E-state index in [4.69, 9.17) is 11.6 Å². The van der Waals surface area contributed by atoms with Crippen molar-refractivity contribution in [2.24, 2.45) is 0 Å². The highest BCUT2D eigenvalue weighted by Crippen LogP contribution is 2.37. The summed E-state index contributed by atoms with van der Waals surface area (Å²) in [5.41, 5.74) is -1.49. The van der Waals surface area contributed by atoms with Crippen LogP contribution < -0.4 is 4.72 Å². The molecule has 3 rings (SSSR count). The lowest BCUT2D eigenvalue weighted by atomic mass is 10.2. The summed E-state index contributed by atoms with van der Waals surface area (Å²) in [6, 6.07) is 2.29. The first kappa shape index (κ1) is 23.3. The molecule has 170 valence electrons. The summed E-state index contributed by atoms with van der Waals surface area (Å²) in [6.07, 6.45) is -5.26. The van der Waals surface area contributed by atoms with Crippen molar-refractivity contribution in [3.63, 3.8) is 0 Å². The van der Waals surface area contributed by atoms with Gasteiger partial charge in [0.25, 0.3) is 21.9 Å². The molecule has 0 bridgehead atoms. The van der Waals surface area contributed by atoms with Gasteiger partial charge in [-0.15, -0.1) is 0 Å². The largest absolute Gasteiger partial charge is 0.417 e. The van der Waals surface area contributed by atoms with E-state index in [0.717, 1.165) is 17.0 Å². The fraction of sp³-hybridized carbons (Fsp3) is 0.389. The minimum Gasteiger partial charge on any atom is -0.361 e. The minimum absolute atomic E-state index is 0.0670. The van der Waals surface area contributed by atoms with Crippen molar-refractivity contribution in [1.82, 2.24) is 9.88 Å². The van der Waals surface area contributed by atoms with Gasteiger partial charge in [0.15, 0.2) is 0 Å². The highest BCUT2D eigenvalue weighted by Gasteiger charge is 2.42. The van der Waals surface area contributed by atoms with Crippen molar-refractivity contribution >= 4 is 33.2 Å². The Hall–Kier alpha value is -2.34. The summed E-state index contributed by atoms with van der Waals surface area (Å²) < 4.78 is 93.7. The van der Waals surface area contributed by atoms with Crippen LogP contribution in [0.15, 0.2) is 23.1 Å². The molecular weight excluding hydrogens is 469 g/mol. The van der Waals surface area contributed by atoms with Crippen LogP contribution in [0.5, 0.6) is 0 Å². The van der Waals surface area contributed by atoms with Crippen LogP contribution in [-0.2, 0) is 16.2 Å². The Kier molecular flexibility index (Phi) is 5.76. The van der Waals surface area contributed by atoms with Crippen molar-refractivity contribution in [2.75, 3.05) is 17.8 Å². The molecule has 1 aromatic carbocycles. The molecule has 13 heteroatoms. The zero-order valence-electron chi connectivity index (χ0n) is 16.2. The summed E-state index contributed by atoms with van der Waals surface area (Å²) in [7, 11) is -4.48. The quantitative estimate of drug-likeness (QED) is 0.622. The lowest BCUT2D eigenvalue weighted by Crippen LogP contribution is -2.32. The predicted octanol–water partition coefficient (Wildman–Crippen LogP) is 4.59. The highest BCUT2D eigenvalue weighted by atomic mass is 35.5. The number of aryl methyl sites for hydroxylation is 2. The van der Waals surface area contributed by atoms with Crippen LogP contribution in [0.3, 0.4) is 0 Å². The normalized spacial score (nSPS) is 16.6. The number of hydrogen-bond acceptors (Lipinski definition) is 3. The zero-order valence-corrected chi connectivity index (χ0v) is 17.8. The molecule has 0 saturated carbocycles. The molecule has 2 aromatic rings. The molecule has 2 N–H and O–H groups in total. The second kappa shape index (κ2) is 7.66. The van der Waals surface area contributed by atoms with E-state index in [2.05, 4.69) is 9.71 Å². The smallest absolute Gasteiger partial charge is 0.361 e. The molecule has 0 aliphatic carbocycles. The number of sulfonamides is 1. The van der Waals surface area contributed by atoms with Gasteiger partial charge in [-0.05, 0) is 32.0 Å². The molecule has 0 spiro atoms. The van der Waals surface area contributed by atoms with Crippen LogP contribution in [0.4, 0.5) is 27.6 Å². The van der Waals surface area contributed by atoms with E-state index in [1.54, 1.807) is 0 Å². The maximum atomic E-state index is 13.5. The highest BCUT2D eigenvalue weighted by molar-refractivity contribution is 7.92. The Morgan fingerprint density at radius 1 is 1.23 bits per heavy atom. The fourth-order valence-electron chi connectivity index (χ4n) is 3.43. The molecule has 1 aromatic heterocycles. The number of aromatic nitrogens is 1. The van der Waals surface area contributed by atoms with Crippen LogP contribution in [0.2, 0.25) is 5.02 Å². The van der Waals surface area contributed by atoms with E-state index in [1.807, 2.05) is 0 Å². The second-order valence-electron chi connectivity index (χ2n) is 7.21. The third-order valence-electron chi connectivity index (χ3n) is 4.78. The van der Waals surface area contributed by atoms with Gasteiger partial charge in [-0.25, -0.2) is 17.2 Å². The van der Waals surface area contributed by atoms with Gasteiger partial charge < -0.3 is 9.88 Å². The summed E-state index contributed by atoms with van der Waals surface area (Å²) in [5, 5.41) is -0.717. The second-order valence-corrected chi connectivity index (χ2v) is 9.24. The number of aromatic amines is 1. The third-order valence-corrected chi connectivity index (χ3v) is 6.65. The summed E-state index contributed by atoms with van der Waals surface area (Å²) in [6.45, 7) is 1.72. The fourth-order valence-corrected chi connectivity index (χ4v) is 5.22. The summed E-state index contributed by atoms with van der Waals surface area (Å²) in [5.74, 6) is -3.95. The SMILES string of the molecule is Cc1[nH]c(C)c(S(=O)(=O)Nc2ccc(C(F)(F)F)c(Cl)c2)c1C(=O)N1CCC(F)(F)C1. The average molecular weight is 486 g/mol. The van der Waals surface area contributed by atoms with E-state index >= 15 is 0 Å². The number of hydrogen-bond donors (Lipinski definition) is 2. The number of nitrogens with one attached hydrogen (secondary N) is 2. The number of benzene rings is 1. The maximum absolute atomic E-state index is 13.5. The zero-order chi connectivity index (χ0) is 23.4. The van der Waals surface area contributed by atoms with Gasteiger partial charge in [0.1, 0.15) is 4.90 Å². The first-order valence-electron chi connectivity index (χ1n) is 8.88. The molecule has 31 heavy (non-hydrogen) atoms. The van der Waals surface area contributed by atoms with Crippen LogP contribution in [0.1, 0.15) is 33.7 Å². The Morgan fingerprint density at radius 3 is 2.39 bits per heavy atom. The first-order valence-corrected chi connectivity index (χ1v) is 10.7. The monoisotopic (exact) mass is 485 g/mol. The van der Waals surface area contributed by atoms with Gasteiger partial charge >= 0.3 is 6.18 Å². The van der Waals surface area contributed by atoms with E-state index in [1.165, 1.54) is 13.8 Å². The van der Waals surface area contributed by atoms with Gasteiger partial charge in [-0.2, -0.15) is 13.2 Å².